The van der Waals surface area contributed by atoms with E-state index < -0.39 is 11.6 Å². The predicted molar refractivity (Wildman–Crippen MR) is 72.9 cm³/mol. The number of nitrogens with one attached hydrogen (secondary N) is 2. The second-order valence-electron chi connectivity index (χ2n) is 5.60. The Labute approximate surface area is 118 Å². The second-order valence-corrected chi connectivity index (χ2v) is 5.60. The van der Waals surface area contributed by atoms with Gasteiger partial charge in [-0.1, -0.05) is 0 Å². The molecule has 1 aliphatic rings. The van der Waals surface area contributed by atoms with Gasteiger partial charge in [0.25, 0.3) is 5.91 Å². The summed E-state index contributed by atoms with van der Waals surface area (Å²) in [5, 5.41) is 14.0. The molecule has 0 bridgehead atoms. The minimum absolute atomic E-state index is 0.0332. The van der Waals surface area contributed by atoms with E-state index in [-0.39, 0.29) is 37.4 Å². The SMILES string of the molecule is CC(CCCO)NC(=O)CCN1C(=O)NC(C)(C)C1=O. The summed E-state index contributed by atoms with van der Waals surface area (Å²) in [5.41, 5.74) is -0.901. The summed E-state index contributed by atoms with van der Waals surface area (Å²) < 4.78 is 0. The zero-order valence-corrected chi connectivity index (χ0v) is 12.2. The summed E-state index contributed by atoms with van der Waals surface area (Å²) in [6.45, 7) is 5.28. The molecule has 0 aromatic heterocycles. The van der Waals surface area contributed by atoms with E-state index in [0.717, 1.165) is 4.90 Å². The van der Waals surface area contributed by atoms with Crippen molar-refractivity contribution in [1.29, 1.82) is 0 Å². The molecule has 7 nitrogen and oxygen atoms in total. The molecule has 0 aliphatic carbocycles. The highest BCUT2D eigenvalue weighted by atomic mass is 16.3. The maximum atomic E-state index is 11.9. The lowest BCUT2D eigenvalue weighted by Crippen LogP contribution is -2.41. The van der Waals surface area contributed by atoms with Crippen LogP contribution in [0.3, 0.4) is 0 Å². The third-order valence-corrected chi connectivity index (χ3v) is 3.21. The van der Waals surface area contributed by atoms with Gasteiger partial charge < -0.3 is 15.7 Å². The van der Waals surface area contributed by atoms with Crippen molar-refractivity contribution in [2.45, 2.75) is 51.6 Å². The van der Waals surface area contributed by atoms with Gasteiger partial charge in [-0.3, -0.25) is 14.5 Å². The molecule has 114 valence electrons. The second kappa shape index (κ2) is 6.69. The van der Waals surface area contributed by atoms with E-state index in [0.29, 0.717) is 12.8 Å². The molecule has 1 rings (SSSR count). The fourth-order valence-electron chi connectivity index (χ4n) is 2.05. The minimum Gasteiger partial charge on any atom is -0.396 e. The molecule has 0 aromatic rings. The number of hydrogen-bond donors (Lipinski definition) is 3. The molecule has 20 heavy (non-hydrogen) atoms. The zero-order chi connectivity index (χ0) is 15.3. The van der Waals surface area contributed by atoms with Crippen LogP contribution in [0.15, 0.2) is 0 Å². The predicted octanol–water partition coefficient (Wildman–Crippen LogP) is -0.0159. The van der Waals surface area contributed by atoms with Crippen molar-refractivity contribution in [3.8, 4) is 0 Å². The molecule has 1 unspecified atom stereocenters. The Balaban J connectivity index is 2.38. The standard InChI is InChI=1S/C13H23N3O4/c1-9(5-4-8-17)14-10(18)6-7-16-11(19)13(2,3)15-12(16)20/h9,17H,4-8H2,1-3H3,(H,14,18)(H,15,20). The molecule has 1 heterocycles. The average Bonchev–Trinajstić information content (AvgIpc) is 2.54. The van der Waals surface area contributed by atoms with Gasteiger partial charge in [-0.2, -0.15) is 0 Å². The highest BCUT2D eigenvalue weighted by Gasteiger charge is 2.43. The first kappa shape index (κ1) is 16.4. The third-order valence-electron chi connectivity index (χ3n) is 3.21. The fourth-order valence-corrected chi connectivity index (χ4v) is 2.05. The molecular weight excluding hydrogens is 262 g/mol. The first-order valence-electron chi connectivity index (χ1n) is 6.82. The van der Waals surface area contributed by atoms with Gasteiger partial charge in [0.1, 0.15) is 5.54 Å². The van der Waals surface area contributed by atoms with E-state index in [1.165, 1.54) is 0 Å². The molecule has 1 atom stereocenters. The number of nitrogens with zero attached hydrogens (tertiary/aromatic N) is 1. The van der Waals surface area contributed by atoms with Gasteiger partial charge in [0, 0.05) is 25.6 Å². The van der Waals surface area contributed by atoms with Gasteiger partial charge in [-0.05, 0) is 33.6 Å². The molecule has 0 aromatic carbocycles. The largest absolute Gasteiger partial charge is 0.396 e. The molecule has 0 radical (unpaired) electrons. The summed E-state index contributed by atoms with van der Waals surface area (Å²) in [6.07, 6.45) is 1.40. The Morgan fingerprint density at radius 2 is 2.10 bits per heavy atom. The van der Waals surface area contributed by atoms with Gasteiger partial charge in [-0.15, -0.1) is 0 Å². The Hall–Kier alpha value is -1.63. The first-order chi connectivity index (χ1) is 9.27. The van der Waals surface area contributed by atoms with Crippen molar-refractivity contribution in [3.63, 3.8) is 0 Å². The molecule has 3 N–H and O–H groups in total. The van der Waals surface area contributed by atoms with E-state index in [9.17, 15) is 14.4 Å². The van der Waals surface area contributed by atoms with Crippen LogP contribution in [0, 0.1) is 0 Å². The van der Waals surface area contributed by atoms with Crippen LogP contribution in [0.4, 0.5) is 4.79 Å². The van der Waals surface area contributed by atoms with Crippen LogP contribution in [-0.2, 0) is 9.59 Å². The highest BCUT2D eigenvalue weighted by molar-refractivity contribution is 6.06. The zero-order valence-electron chi connectivity index (χ0n) is 12.2. The number of aliphatic hydroxyl groups excluding tert-OH is 1. The van der Waals surface area contributed by atoms with Gasteiger partial charge in [-0.25, -0.2) is 4.79 Å². The number of aliphatic hydroxyl groups is 1. The number of carbonyl (C=O) groups excluding carboxylic acids is 3. The Bertz CT molecular complexity index is 395. The summed E-state index contributed by atoms with van der Waals surface area (Å²) in [6, 6.07) is -0.490. The maximum Gasteiger partial charge on any atom is 0.325 e. The van der Waals surface area contributed by atoms with E-state index in [2.05, 4.69) is 10.6 Å². The first-order valence-corrected chi connectivity index (χ1v) is 6.82. The number of urea groups is 1. The van der Waals surface area contributed by atoms with Crippen molar-refractivity contribution < 1.29 is 19.5 Å². The molecule has 7 heteroatoms. The van der Waals surface area contributed by atoms with Crippen LogP contribution in [0.2, 0.25) is 0 Å². The minimum atomic E-state index is -0.901. The van der Waals surface area contributed by atoms with Crippen molar-refractivity contribution in [1.82, 2.24) is 15.5 Å². The van der Waals surface area contributed by atoms with E-state index in [1.807, 2.05) is 6.92 Å². The molecule has 4 amide bonds. The monoisotopic (exact) mass is 285 g/mol. The van der Waals surface area contributed by atoms with Gasteiger partial charge in [0.2, 0.25) is 5.91 Å². The van der Waals surface area contributed by atoms with E-state index in [1.54, 1.807) is 13.8 Å². The van der Waals surface area contributed by atoms with Crippen molar-refractivity contribution in [2.75, 3.05) is 13.2 Å². The summed E-state index contributed by atoms with van der Waals surface area (Å²) in [5.74, 6) is -0.524. The highest BCUT2D eigenvalue weighted by Crippen LogP contribution is 2.16. The topological polar surface area (TPSA) is 98.7 Å². The third kappa shape index (κ3) is 4.19. The quantitative estimate of drug-likeness (QED) is 0.573. The Morgan fingerprint density at radius 3 is 2.60 bits per heavy atom. The fraction of sp³-hybridized carbons (Fsp3) is 0.769. The number of amides is 4. The average molecular weight is 285 g/mol. The number of hydrogen-bond acceptors (Lipinski definition) is 4. The molecule has 1 fully saturated rings. The summed E-state index contributed by atoms with van der Waals surface area (Å²) >= 11 is 0. The van der Waals surface area contributed by atoms with Crippen LogP contribution in [0.1, 0.15) is 40.0 Å². The van der Waals surface area contributed by atoms with Crippen LogP contribution >= 0.6 is 0 Å². The number of imide groups is 1. The van der Waals surface area contributed by atoms with Gasteiger partial charge in [0.15, 0.2) is 0 Å². The van der Waals surface area contributed by atoms with Crippen LogP contribution in [0.25, 0.3) is 0 Å². The van der Waals surface area contributed by atoms with Gasteiger partial charge in [0.05, 0.1) is 0 Å². The van der Waals surface area contributed by atoms with E-state index >= 15 is 0 Å². The number of rotatable bonds is 7. The number of carbonyl (C=O) groups is 3. The van der Waals surface area contributed by atoms with Crippen molar-refractivity contribution in [3.05, 3.63) is 0 Å². The lowest BCUT2D eigenvalue weighted by molar-refractivity contribution is -0.130. The lowest BCUT2D eigenvalue weighted by Gasteiger charge is -2.17. The van der Waals surface area contributed by atoms with E-state index in [4.69, 9.17) is 5.11 Å². The van der Waals surface area contributed by atoms with Crippen LogP contribution < -0.4 is 10.6 Å². The maximum absolute atomic E-state index is 11.9. The summed E-state index contributed by atoms with van der Waals surface area (Å²) in [7, 11) is 0. The summed E-state index contributed by atoms with van der Waals surface area (Å²) in [4.78, 5) is 36.3. The van der Waals surface area contributed by atoms with Crippen LogP contribution in [0.5, 0.6) is 0 Å². The van der Waals surface area contributed by atoms with Gasteiger partial charge >= 0.3 is 6.03 Å². The Kier molecular flexibility index (Phi) is 5.50. The van der Waals surface area contributed by atoms with Crippen molar-refractivity contribution >= 4 is 17.8 Å². The molecule has 1 saturated heterocycles. The molecule has 0 saturated carbocycles. The normalized spacial score (nSPS) is 18.9. The van der Waals surface area contributed by atoms with Crippen molar-refractivity contribution in [2.24, 2.45) is 0 Å². The molecule has 1 aliphatic heterocycles. The molecular formula is C13H23N3O4. The smallest absolute Gasteiger partial charge is 0.325 e. The molecule has 0 spiro atoms. The lowest BCUT2D eigenvalue weighted by atomic mass is 10.1. The Morgan fingerprint density at radius 1 is 1.45 bits per heavy atom. The van der Waals surface area contributed by atoms with Crippen LogP contribution in [-0.4, -0.2) is 52.6 Å².